The minimum Gasteiger partial charge on any atom is -0.492 e. The quantitative estimate of drug-likeness (QED) is 0.853. The van der Waals surface area contributed by atoms with Gasteiger partial charge >= 0.3 is 5.97 Å². The van der Waals surface area contributed by atoms with Crippen molar-refractivity contribution in [3.63, 3.8) is 0 Å². The molecule has 0 aromatic carbocycles. The minimum absolute atomic E-state index is 0.0947. The third-order valence-corrected chi connectivity index (χ3v) is 3.05. The van der Waals surface area contributed by atoms with Crippen LogP contribution >= 0.6 is 0 Å². The highest BCUT2D eigenvalue weighted by Crippen LogP contribution is 2.30. The maximum absolute atomic E-state index is 11.4. The van der Waals surface area contributed by atoms with Crippen molar-refractivity contribution in [2.24, 2.45) is 0 Å². The van der Waals surface area contributed by atoms with Gasteiger partial charge in [0.15, 0.2) is 5.65 Å². The zero-order valence-corrected chi connectivity index (χ0v) is 12.3. The molecular formula is C15H17N3O3. The molecule has 110 valence electrons. The zero-order valence-electron chi connectivity index (χ0n) is 12.3. The van der Waals surface area contributed by atoms with Crippen molar-refractivity contribution < 1.29 is 14.6 Å². The van der Waals surface area contributed by atoms with Crippen LogP contribution in [-0.2, 0) is 6.54 Å². The van der Waals surface area contributed by atoms with Gasteiger partial charge in [-0.15, -0.1) is 11.8 Å². The smallest absolute Gasteiger partial charge is 0.341 e. The number of fused-ring (bicyclic) bond motifs is 1. The van der Waals surface area contributed by atoms with Crippen molar-refractivity contribution in [2.75, 3.05) is 6.61 Å². The number of carbonyl (C=O) groups is 1. The highest BCUT2D eigenvalue weighted by molar-refractivity contribution is 5.99. The maximum Gasteiger partial charge on any atom is 0.341 e. The Labute approximate surface area is 122 Å². The van der Waals surface area contributed by atoms with Crippen LogP contribution in [0.3, 0.4) is 0 Å². The molecule has 6 nitrogen and oxygen atoms in total. The van der Waals surface area contributed by atoms with Crippen molar-refractivity contribution in [2.45, 2.75) is 33.7 Å². The fourth-order valence-electron chi connectivity index (χ4n) is 2.17. The number of hydrogen-bond acceptors (Lipinski definition) is 4. The van der Waals surface area contributed by atoms with Crippen molar-refractivity contribution >= 4 is 17.0 Å². The van der Waals surface area contributed by atoms with Gasteiger partial charge in [-0.3, -0.25) is 0 Å². The van der Waals surface area contributed by atoms with E-state index in [1.54, 1.807) is 24.7 Å². The average Bonchev–Trinajstić information content (AvgIpc) is 2.82. The number of carboxylic acid groups (broad SMARTS) is 1. The Balaban J connectivity index is 2.59. The second-order valence-corrected chi connectivity index (χ2v) is 4.42. The first-order valence-corrected chi connectivity index (χ1v) is 6.72. The van der Waals surface area contributed by atoms with Gasteiger partial charge in [-0.1, -0.05) is 0 Å². The standard InChI is InChI=1S/C15H17N3O3/c1-4-6-7-8-18-14-11(9-16-18)13(21-5-2)12(15(19)20)10(3)17-14/h9H,5,7-8H2,1-3H3,(H,19,20). The van der Waals surface area contributed by atoms with Gasteiger partial charge in [-0.2, -0.15) is 5.10 Å². The third-order valence-electron chi connectivity index (χ3n) is 3.05. The summed E-state index contributed by atoms with van der Waals surface area (Å²) in [6.45, 7) is 6.25. The SMILES string of the molecule is CC#CCCn1ncc2c(OCC)c(C(=O)O)c(C)nc21. The highest BCUT2D eigenvalue weighted by atomic mass is 16.5. The highest BCUT2D eigenvalue weighted by Gasteiger charge is 2.22. The molecule has 0 atom stereocenters. The van der Waals surface area contributed by atoms with Crippen LogP contribution in [0.15, 0.2) is 6.20 Å². The summed E-state index contributed by atoms with van der Waals surface area (Å²) in [6, 6.07) is 0. The van der Waals surface area contributed by atoms with E-state index in [1.165, 1.54) is 0 Å². The lowest BCUT2D eigenvalue weighted by Crippen LogP contribution is -2.09. The molecule has 0 aliphatic carbocycles. The molecule has 0 radical (unpaired) electrons. The van der Waals surface area contributed by atoms with Gasteiger partial charge < -0.3 is 9.84 Å². The molecule has 0 saturated heterocycles. The lowest BCUT2D eigenvalue weighted by Gasteiger charge is -2.11. The molecule has 0 saturated carbocycles. The fourth-order valence-corrected chi connectivity index (χ4v) is 2.17. The van der Waals surface area contributed by atoms with Crippen molar-refractivity contribution in [3.05, 3.63) is 17.5 Å². The van der Waals surface area contributed by atoms with Crippen molar-refractivity contribution in [3.8, 4) is 17.6 Å². The van der Waals surface area contributed by atoms with Crippen LogP contribution in [0.2, 0.25) is 0 Å². The number of pyridine rings is 1. The first-order valence-electron chi connectivity index (χ1n) is 6.72. The first-order chi connectivity index (χ1) is 10.1. The Morgan fingerprint density at radius 3 is 2.90 bits per heavy atom. The first kappa shape index (κ1) is 14.9. The van der Waals surface area contributed by atoms with Gasteiger partial charge in [0.05, 0.1) is 30.4 Å². The molecule has 2 aromatic heterocycles. The topological polar surface area (TPSA) is 77.2 Å². The van der Waals surface area contributed by atoms with Crippen molar-refractivity contribution in [1.29, 1.82) is 0 Å². The summed E-state index contributed by atoms with van der Waals surface area (Å²) in [5, 5.41) is 14.2. The summed E-state index contributed by atoms with van der Waals surface area (Å²) >= 11 is 0. The Kier molecular flexibility index (Phi) is 4.43. The molecule has 2 aromatic rings. The van der Waals surface area contributed by atoms with Gasteiger partial charge in [-0.25, -0.2) is 14.5 Å². The molecule has 0 aliphatic heterocycles. The predicted molar refractivity (Wildman–Crippen MR) is 78.5 cm³/mol. The van der Waals surface area contributed by atoms with E-state index in [-0.39, 0.29) is 5.56 Å². The van der Waals surface area contributed by atoms with E-state index in [1.807, 2.05) is 6.92 Å². The van der Waals surface area contributed by atoms with E-state index >= 15 is 0 Å². The number of aromatic nitrogens is 3. The summed E-state index contributed by atoms with van der Waals surface area (Å²) in [7, 11) is 0. The number of hydrogen-bond donors (Lipinski definition) is 1. The maximum atomic E-state index is 11.4. The number of aromatic carboxylic acids is 1. The molecule has 0 fully saturated rings. The summed E-state index contributed by atoms with van der Waals surface area (Å²) in [4.78, 5) is 15.8. The Morgan fingerprint density at radius 1 is 1.52 bits per heavy atom. The molecule has 21 heavy (non-hydrogen) atoms. The molecule has 0 spiro atoms. The molecule has 0 aliphatic rings. The molecular weight excluding hydrogens is 270 g/mol. The van der Waals surface area contributed by atoms with Gasteiger partial charge in [-0.05, 0) is 20.8 Å². The Morgan fingerprint density at radius 2 is 2.29 bits per heavy atom. The van der Waals surface area contributed by atoms with Gasteiger partial charge in [0.2, 0.25) is 0 Å². The number of rotatable bonds is 5. The largest absolute Gasteiger partial charge is 0.492 e. The lowest BCUT2D eigenvalue weighted by molar-refractivity contribution is 0.0691. The molecule has 0 bridgehead atoms. The fraction of sp³-hybridized carbons (Fsp3) is 0.400. The summed E-state index contributed by atoms with van der Waals surface area (Å²) in [5.74, 6) is 5.09. The monoisotopic (exact) mass is 287 g/mol. The van der Waals surface area contributed by atoms with Crippen molar-refractivity contribution in [1.82, 2.24) is 14.8 Å². The molecule has 6 heteroatoms. The molecule has 0 unspecified atom stereocenters. The number of aryl methyl sites for hydroxylation is 2. The second-order valence-electron chi connectivity index (χ2n) is 4.42. The van der Waals surface area contributed by atoms with Crippen LogP contribution in [0.4, 0.5) is 0 Å². The summed E-state index contributed by atoms with van der Waals surface area (Å²) in [6.07, 6.45) is 2.26. The lowest BCUT2D eigenvalue weighted by atomic mass is 10.1. The van der Waals surface area contributed by atoms with Crippen LogP contribution < -0.4 is 4.74 Å². The number of ether oxygens (including phenoxy) is 1. The normalized spacial score (nSPS) is 10.2. The van der Waals surface area contributed by atoms with E-state index < -0.39 is 5.97 Å². The summed E-state index contributed by atoms with van der Waals surface area (Å²) in [5.41, 5.74) is 1.14. The van der Waals surface area contributed by atoms with E-state index in [0.29, 0.717) is 42.0 Å². The van der Waals surface area contributed by atoms with E-state index in [2.05, 4.69) is 21.9 Å². The Bertz CT molecular complexity index is 738. The minimum atomic E-state index is -1.05. The van der Waals surface area contributed by atoms with Gasteiger partial charge in [0.1, 0.15) is 11.3 Å². The number of carboxylic acids is 1. The zero-order chi connectivity index (χ0) is 15.4. The predicted octanol–water partition coefficient (Wildman–Crippen LogP) is 2.25. The molecule has 0 amide bonds. The van der Waals surface area contributed by atoms with Crippen LogP contribution in [0.25, 0.3) is 11.0 Å². The van der Waals surface area contributed by atoms with Gasteiger partial charge in [0.25, 0.3) is 0 Å². The van der Waals surface area contributed by atoms with E-state index in [9.17, 15) is 9.90 Å². The molecule has 2 rings (SSSR count). The van der Waals surface area contributed by atoms with E-state index in [4.69, 9.17) is 4.74 Å². The van der Waals surface area contributed by atoms with Crippen LogP contribution in [0.1, 0.15) is 36.3 Å². The second kappa shape index (κ2) is 6.27. The number of nitrogens with zero attached hydrogens (tertiary/aromatic N) is 3. The molecule has 2 heterocycles. The van der Waals surface area contributed by atoms with Crippen LogP contribution in [0.5, 0.6) is 5.75 Å². The van der Waals surface area contributed by atoms with Crippen LogP contribution in [0, 0.1) is 18.8 Å². The summed E-state index contributed by atoms with van der Waals surface area (Å²) < 4.78 is 7.25. The Hall–Kier alpha value is -2.55. The average molecular weight is 287 g/mol. The van der Waals surface area contributed by atoms with Gasteiger partial charge in [0, 0.05) is 6.42 Å². The third kappa shape index (κ3) is 2.82. The van der Waals surface area contributed by atoms with E-state index in [0.717, 1.165) is 0 Å². The molecule has 1 N–H and O–H groups in total. The van der Waals surface area contributed by atoms with Crippen LogP contribution in [-0.4, -0.2) is 32.4 Å².